The first kappa shape index (κ1) is 25.1. The number of esters is 1. The van der Waals surface area contributed by atoms with Gasteiger partial charge in [-0.05, 0) is 67.1 Å². The van der Waals surface area contributed by atoms with Crippen LogP contribution in [0.3, 0.4) is 0 Å². The zero-order chi connectivity index (χ0) is 26.2. The first-order chi connectivity index (χ1) is 17.7. The number of hydrogen-bond acceptors (Lipinski definition) is 5. The molecule has 0 radical (unpaired) electrons. The summed E-state index contributed by atoms with van der Waals surface area (Å²) in [5.41, 5.74) is 1.82. The molecule has 0 aromatic heterocycles. The molecule has 37 heavy (non-hydrogen) atoms. The van der Waals surface area contributed by atoms with E-state index in [2.05, 4.69) is 31.9 Å². The number of hydrogen-bond donors (Lipinski definition) is 0. The van der Waals surface area contributed by atoms with Gasteiger partial charge in [0.05, 0.1) is 23.4 Å². The number of anilines is 2. The third-order valence-corrected chi connectivity index (χ3v) is 11.6. The van der Waals surface area contributed by atoms with Crippen LogP contribution in [0.4, 0.5) is 11.4 Å². The maximum atomic E-state index is 13.4. The molecule has 0 unspecified atom stereocenters. The minimum Gasteiger partial charge on any atom is -0.426 e. The van der Waals surface area contributed by atoms with Crippen LogP contribution in [0.5, 0.6) is 5.75 Å². The summed E-state index contributed by atoms with van der Waals surface area (Å²) in [5, 5.41) is 0.511. The summed E-state index contributed by atoms with van der Waals surface area (Å²) in [5.74, 6) is -1.59. The monoisotopic (exact) mass is 648 g/mol. The predicted octanol–water partition coefficient (Wildman–Crippen LogP) is 4.89. The van der Waals surface area contributed by atoms with Crippen molar-refractivity contribution in [2.75, 3.05) is 16.3 Å². The van der Waals surface area contributed by atoms with Crippen molar-refractivity contribution in [3.63, 3.8) is 0 Å². The topological polar surface area (TPSA) is 84.0 Å². The molecule has 2 aliphatic carbocycles. The zero-order valence-electron chi connectivity index (χ0n) is 19.8. The molecule has 2 heterocycles. The van der Waals surface area contributed by atoms with Gasteiger partial charge in [-0.25, -0.2) is 4.90 Å². The fourth-order valence-corrected chi connectivity index (χ4v) is 8.55. The third kappa shape index (κ3) is 3.96. The summed E-state index contributed by atoms with van der Waals surface area (Å²) in [6.07, 6.45) is 0.923. The Balaban J connectivity index is 1.16. The van der Waals surface area contributed by atoms with Crippen molar-refractivity contribution in [1.82, 2.24) is 0 Å². The van der Waals surface area contributed by atoms with Gasteiger partial charge in [0.1, 0.15) is 5.75 Å². The molecule has 2 aliphatic heterocycles. The summed E-state index contributed by atoms with van der Waals surface area (Å²) < 4.78 is 5.61. The van der Waals surface area contributed by atoms with Gasteiger partial charge in [-0.2, -0.15) is 0 Å². The van der Waals surface area contributed by atoms with Crippen LogP contribution in [-0.4, -0.2) is 39.9 Å². The number of nitrogens with zero attached hydrogens (tertiary/aromatic N) is 2. The van der Waals surface area contributed by atoms with E-state index in [1.54, 1.807) is 49.4 Å². The molecule has 0 N–H and O–H groups in total. The fraction of sp³-hybridized carbons (Fsp3) is 0.407. The summed E-state index contributed by atoms with van der Waals surface area (Å²) in [6, 6.07) is 11.8. The van der Waals surface area contributed by atoms with Crippen LogP contribution in [-0.2, 0) is 19.2 Å². The summed E-state index contributed by atoms with van der Waals surface area (Å²) in [4.78, 5) is 55.4. The van der Waals surface area contributed by atoms with Crippen LogP contribution < -0.4 is 14.5 Å². The van der Waals surface area contributed by atoms with Crippen LogP contribution in [0.15, 0.2) is 42.5 Å². The Hall–Kier alpha value is -2.23. The van der Waals surface area contributed by atoms with Crippen molar-refractivity contribution < 1.29 is 23.9 Å². The maximum Gasteiger partial charge on any atom is 0.316 e. The number of halogens is 3. The second-order valence-electron chi connectivity index (χ2n) is 10.3. The fourth-order valence-electron chi connectivity index (χ4n) is 6.49. The number of aryl methyl sites for hydroxylation is 1. The predicted molar refractivity (Wildman–Crippen MR) is 145 cm³/mol. The van der Waals surface area contributed by atoms with Crippen LogP contribution in [0.1, 0.15) is 18.4 Å². The summed E-state index contributed by atoms with van der Waals surface area (Å²) >= 11 is 13.5. The van der Waals surface area contributed by atoms with Gasteiger partial charge in [0.2, 0.25) is 17.7 Å². The number of alkyl halides is 2. The number of benzene rings is 2. The van der Waals surface area contributed by atoms with Crippen LogP contribution in [0.2, 0.25) is 5.02 Å². The van der Waals surface area contributed by atoms with E-state index in [9.17, 15) is 19.2 Å². The highest BCUT2D eigenvalue weighted by atomic mass is 79.9. The molecule has 0 spiro atoms. The standard InChI is InChI=1S/C27H23Br2ClN2O5/c1-12-7-16(37-27(36)13-8-20(33)31(11-13)15-4-2-3-14(30)9-15)5-6-19(12)32-25(34)21-17-10-18(22(21)26(32)35)24(29)23(17)28/h2-7,9,13,17-18,21-24H,8,10-11H2,1H3/t13-,17-,18-,21-,22-,23-,24+/m1/s1. The Morgan fingerprint density at radius 3 is 2.30 bits per heavy atom. The van der Waals surface area contributed by atoms with Gasteiger partial charge >= 0.3 is 5.97 Å². The molecular formula is C27H23Br2ClN2O5. The van der Waals surface area contributed by atoms with Gasteiger partial charge in [-0.1, -0.05) is 49.5 Å². The molecule has 192 valence electrons. The van der Waals surface area contributed by atoms with Gasteiger partial charge in [0.25, 0.3) is 0 Å². The molecule has 2 aromatic rings. The number of rotatable bonds is 4. The van der Waals surface area contributed by atoms with E-state index in [0.29, 0.717) is 27.7 Å². The lowest BCUT2D eigenvalue weighted by Gasteiger charge is -2.28. The molecule has 7 atom stereocenters. The Labute approximate surface area is 235 Å². The number of carbonyl (C=O) groups excluding carboxylic acids is 4. The second-order valence-corrected chi connectivity index (χ2v) is 12.8. The normalized spacial score (nSPS) is 32.4. The lowest BCUT2D eigenvalue weighted by Crippen LogP contribution is -2.37. The Morgan fingerprint density at radius 1 is 1.00 bits per heavy atom. The van der Waals surface area contributed by atoms with Gasteiger partial charge in [0, 0.05) is 33.3 Å². The average Bonchev–Trinajstić information content (AvgIpc) is 3.58. The van der Waals surface area contributed by atoms with Gasteiger partial charge in [-0.15, -0.1) is 0 Å². The molecule has 2 saturated carbocycles. The Kier molecular flexibility index (Phi) is 6.24. The second kappa shape index (κ2) is 9.20. The van der Waals surface area contributed by atoms with E-state index in [-0.39, 0.29) is 64.0 Å². The minimum atomic E-state index is -0.613. The lowest BCUT2D eigenvalue weighted by molar-refractivity contribution is -0.139. The molecule has 2 aromatic carbocycles. The van der Waals surface area contributed by atoms with Gasteiger partial charge in [0.15, 0.2) is 0 Å². The van der Waals surface area contributed by atoms with Crippen molar-refractivity contribution in [1.29, 1.82) is 0 Å². The van der Waals surface area contributed by atoms with E-state index in [4.69, 9.17) is 16.3 Å². The number of imide groups is 1. The van der Waals surface area contributed by atoms with E-state index in [1.165, 1.54) is 9.80 Å². The molecule has 2 saturated heterocycles. The van der Waals surface area contributed by atoms with Gasteiger partial charge < -0.3 is 9.64 Å². The van der Waals surface area contributed by atoms with Gasteiger partial charge in [-0.3, -0.25) is 19.2 Å². The molecule has 3 amide bonds. The van der Waals surface area contributed by atoms with Crippen LogP contribution in [0, 0.1) is 36.5 Å². The van der Waals surface area contributed by atoms with E-state index in [1.807, 2.05) is 0 Å². The number of fused-ring (bicyclic) bond motifs is 5. The highest BCUT2D eigenvalue weighted by Crippen LogP contribution is 2.60. The molecule has 4 fully saturated rings. The lowest BCUT2D eigenvalue weighted by atomic mass is 9.81. The van der Waals surface area contributed by atoms with Crippen LogP contribution >= 0.6 is 43.5 Å². The number of amides is 3. The molecule has 10 heteroatoms. The highest BCUT2D eigenvalue weighted by Gasteiger charge is 2.66. The molecule has 6 rings (SSSR count). The smallest absolute Gasteiger partial charge is 0.316 e. The van der Waals surface area contributed by atoms with Crippen molar-refractivity contribution in [2.24, 2.45) is 29.6 Å². The SMILES string of the molecule is Cc1cc(OC(=O)[C@@H]2CC(=O)N(c3cccc(Cl)c3)C2)ccc1N1C(=O)[C@@H]2[C@H]3C[C@@H]([C@@H](Br)[C@H]3Br)[C@H]2C1=O. The van der Waals surface area contributed by atoms with E-state index >= 15 is 0 Å². The molecule has 2 bridgehead atoms. The average molecular weight is 651 g/mol. The van der Waals surface area contributed by atoms with Crippen molar-refractivity contribution in [2.45, 2.75) is 29.4 Å². The quantitative estimate of drug-likeness (QED) is 0.204. The first-order valence-electron chi connectivity index (χ1n) is 12.2. The summed E-state index contributed by atoms with van der Waals surface area (Å²) in [7, 11) is 0. The van der Waals surface area contributed by atoms with Crippen molar-refractivity contribution in [3.05, 3.63) is 53.1 Å². The number of carbonyl (C=O) groups is 4. The largest absolute Gasteiger partial charge is 0.426 e. The van der Waals surface area contributed by atoms with Crippen LogP contribution in [0.25, 0.3) is 0 Å². The van der Waals surface area contributed by atoms with Crippen molar-refractivity contribution in [3.8, 4) is 5.75 Å². The molecule has 7 nitrogen and oxygen atoms in total. The highest BCUT2D eigenvalue weighted by molar-refractivity contribution is 9.12. The molecular weight excluding hydrogens is 628 g/mol. The van der Waals surface area contributed by atoms with Crippen molar-refractivity contribution >= 4 is 78.5 Å². The maximum absolute atomic E-state index is 13.4. The van der Waals surface area contributed by atoms with E-state index < -0.39 is 11.9 Å². The Bertz CT molecular complexity index is 1320. The summed E-state index contributed by atoms with van der Waals surface area (Å²) in [6.45, 7) is 2.00. The molecule has 4 aliphatic rings. The van der Waals surface area contributed by atoms with E-state index in [0.717, 1.165) is 6.42 Å². The third-order valence-electron chi connectivity index (χ3n) is 8.19. The minimum absolute atomic E-state index is 0.0490. The first-order valence-corrected chi connectivity index (χ1v) is 14.4. The number of ether oxygens (including phenoxy) is 1. The Morgan fingerprint density at radius 2 is 1.68 bits per heavy atom. The zero-order valence-corrected chi connectivity index (χ0v) is 23.7.